The van der Waals surface area contributed by atoms with Gasteiger partial charge in [0.1, 0.15) is 6.61 Å². The minimum atomic E-state index is -1.38. The molecule has 1 atom stereocenters. The van der Waals surface area contributed by atoms with E-state index in [4.69, 9.17) is 4.74 Å². The number of nitrogens with one attached hydrogen (secondary N) is 1. The Morgan fingerprint density at radius 3 is 2.00 bits per heavy atom. The Kier molecular flexibility index (Phi) is 6.28. The van der Waals surface area contributed by atoms with E-state index < -0.39 is 29.1 Å². The molecule has 0 bridgehead atoms. The van der Waals surface area contributed by atoms with Gasteiger partial charge in [-0.1, -0.05) is 81.4 Å². The summed E-state index contributed by atoms with van der Waals surface area (Å²) in [6, 6.07) is 16.1. The fourth-order valence-corrected chi connectivity index (χ4v) is 2.16. The predicted molar refractivity (Wildman–Crippen MR) is 98.4 cm³/mol. The Morgan fingerprint density at radius 2 is 1.46 bits per heavy atom. The highest BCUT2D eigenvalue weighted by Crippen LogP contribution is 2.15. The van der Waals surface area contributed by atoms with Gasteiger partial charge < -0.3 is 10.1 Å². The van der Waals surface area contributed by atoms with Gasteiger partial charge in [-0.2, -0.15) is 0 Å². The van der Waals surface area contributed by atoms with Gasteiger partial charge in [0.25, 0.3) is 0 Å². The van der Waals surface area contributed by atoms with Crippen LogP contribution in [0, 0.1) is 5.41 Å². The molecule has 0 aliphatic heterocycles. The number of esters is 1. The maximum atomic E-state index is 12.7. The van der Waals surface area contributed by atoms with E-state index in [9.17, 15) is 14.4 Å². The van der Waals surface area contributed by atoms with Crippen LogP contribution in [0.15, 0.2) is 60.7 Å². The highest BCUT2D eigenvalue weighted by Gasteiger charge is 2.34. The lowest BCUT2D eigenvalue weighted by Crippen LogP contribution is -2.50. The number of hydrogen-bond acceptors (Lipinski definition) is 4. The van der Waals surface area contributed by atoms with Crippen LogP contribution in [0.1, 0.15) is 36.7 Å². The van der Waals surface area contributed by atoms with Crippen molar-refractivity contribution in [2.24, 2.45) is 5.41 Å². The molecule has 26 heavy (non-hydrogen) atoms. The van der Waals surface area contributed by atoms with Crippen molar-refractivity contribution >= 4 is 17.7 Å². The highest BCUT2D eigenvalue weighted by atomic mass is 16.5. The third-order valence-corrected chi connectivity index (χ3v) is 3.74. The molecule has 2 rings (SSSR count). The Hall–Kier alpha value is -2.95. The van der Waals surface area contributed by atoms with E-state index in [1.165, 1.54) is 0 Å². The van der Waals surface area contributed by atoms with E-state index in [2.05, 4.69) is 5.32 Å². The summed E-state index contributed by atoms with van der Waals surface area (Å²) < 4.78 is 5.27. The molecule has 0 fully saturated rings. The SMILES string of the molecule is CC(C)(C)C(=O)NC(C(=O)OCc1ccccc1)C(=O)c1ccccc1. The summed E-state index contributed by atoms with van der Waals surface area (Å²) >= 11 is 0. The second-order valence-corrected chi connectivity index (χ2v) is 6.98. The first kappa shape index (κ1) is 19.4. The standard InChI is InChI=1S/C21H23NO4/c1-21(2,3)20(25)22-17(18(23)16-12-8-5-9-13-16)19(24)26-14-15-10-6-4-7-11-15/h4-13,17H,14H2,1-3H3,(H,22,25). The molecular weight excluding hydrogens is 330 g/mol. The molecule has 0 saturated heterocycles. The van der Waals surface area contributed by atoms with Crippen molar-refractivity contribution in [3.05, 3.63) is 71.8 Å². The molecule has 5 heteroatoms. The average Bonchev–Trinajstić information content (AvgIpc) is 2.64. The average molecular weight is 353 g/mol. The zero-order chi connectivity index (χ0) is 19.2. The van der Waals surface area contributed by atoms with Crippen molar-refractivity contribution in [2.75, 3.05) is 0 Å². The van der Waals surface area contributed by atoms with Crippen molar-refractivity contribution < 1.29 is 19.1 Å². The molecule has 0 spiro atoms. The summed E-state index contributed by atoms with van der Waals surface area (Å²) in [6.45, 7) is 5.16. The molecule has 1 amide bonds. The third kappa shape index (κ3) is 5.28. The Bertz CT molecular complexity index is 764. The molecule has 1 unspecified atom stereocenters. The number of Topliss-reactive ketones (excluding diaryl/α,β-unsaturated/α-hetero) is 1. The number of rotatable bonds is 6. The fraction of sp³-hybridized carbons (Fsp3) is 0.286. The van der Waals surface area contributed by atoms with Gasteiger partial charge >= 0.3 is 5.97 Å². The van der Waals surface area contributed by atoms with Crippen LogP contribution < -0.4 is 5.32 Å². The summed E-state index contributed by atoms with van der Waals surface area (Å²) in [5.41, 5.74) is 0.395. The van der Waals surface area contributed by atoms with Crippen LogP contribution in [0.3, 0.4) is 0 Å². The van der Waals surface area contributed by atoms with E-state index in [0.29, 0.717) is 5.56 Å². The predicted octanol–water partition coefficient (Wildman–Crippen LogP) is 3.14. The Labute approximate surface area is 153 Å². The molecule has 1 N–H and O–H groups in total. The normalized spacial score (nSPS) is 12.1. The third-order valence-electron chi connectivity index (χ3n) is 3.74. The maximum absolute atomic E-state index is 12.7. The molecule has 0 saturated carbocycles. The molecule has 2 aromatic rings. The minimum Gasteiger partial charge on any atom is -0.459 e. The van der Waals surface area contributed by atoms with Crippen LogP contribution >= 0.6 is 0 Å². The molecule has 0 radical (unpaired) electrons. The van der Waals surface area contributed by atoms with Crippen LogP contribution in [0.2, 0.25) is 0 Å². The van der Waals surface area contributed by atoms with Gasteiger partial charge in [0.15, 0.2) is 11.8 Å². The fourth-order valence-electron chi connectivity index (χ4n) is 2.16. The molecule has 0 aliphatic carbocycles. The lowest BCUT2D eigenvalue weighted by molar-refractivity contribution is -0.148. The van der Waals surface area contributed by atoms with Gasteiger partial charge in [-0.15, -0.1) is 0 Å². The van der Waals surface area contributed by atoms with Crippen molar-refractivity contribution in [2.45, 2.75) is 33.4 Å². The summed E-state index contributed by atoms with van der Waals surface area (Å²) in [7, 11) is 0. The Morgan fingerprint density at radius 1 is 0.923 bits per heavy atom. The van der Waals surface area contributed by atoms with Gasteiger partial charge in [0.05, 0.1) is 0 Å². The summed E-state index contributed by atoms with van der Waals surface area (Å²) in [5, 5.41) is 2.53. The van der Waals surface area contributed by atoms with Crippen molar-refractivity contribution in [3.8, 4) is 0 Å². The second-order valence-electron chi connectivity index (χ2n) is 6.98. The van der Waals surface area contributed by atoms with Gasteiger partial charge in [-0.25, -0.2) is 4.79 Å². The first-order chi connectivity index (χ1) is 12.3. The van der Waals surface area contributed by atoms with E-state index in [1.54, 1.807) is 51.1 Å². The van der Waals surface area contributed by atoms with E-state index in [0.717, 1.165) is 5.56 Å². The van der Waals surface area contributed by atoms with Gasteiger partial charge in [-0.05, 0) is 5.56 Å². The number of ketones is 1. The largest absolute Gasteiger partial charge is 0.459 e. The Balaban J connectivity index is 2.17. The quantitative estimate of drug-likeness (QED) is 0.492. The summed E-state index contributed by atoms with van der Waals surface area (Å²) in [5.74, 6) is -1.68. The van der Waals surface area contributed by atoms with Crippen LogP contribution in [0.25, 0.3) is 0 Å². The van der Waals surface area contributed by atoms with Gasteiger partial charge in [-0.3, -0.25) is 9.59 Å². The number of ether oxygens (including phenoxy) is 1. The van der Waals surface area contributed by atoms with Crippen molar-refractivity contribution in [1.82, 2.24) is 5.32 Å². The number of benzene rings is 2. The minimum absolute atomic E-state index is 0.0314. The van der Waals surface area contributed by atoms with Crippen LogP contribution in [0.5, 0.6) is 0 Å². The molecule has 2 aromatic carbocycles. The highest BCUT2D eigenvalue weighted by molar-refractivity contribution is 6.13. The molecule has 0 aromatic heterocycles. The van der Waals surface area contributed by atoms with Crippen LogP contribution in [0.4, 0.5) is 0 Å². The number of hydrogen-bond donors (Lipinski definition) is 1. The number of carbonyl (C=O) groups is 3. The summed E-state index contributed by atoms with van der Waals surface area (Å²) in [4.78, 5) is 37.6. The van der Waals surface area contributed by atoms with E-state index in [1.807, 2.05) is 30.3 Å². The van der Waals surface area contributed by atoms with E-state index in [-0.39, 0.29) is 6.61 Å². The molecular formula is C21H23NO4. The first-order valence-corrected chi connectivity index (χ1v) is 8.40. The van der Waals surface area contributed by atoms with Crippen LogP contribution in [-0.4, -0.2) is 23.7 Å². The van der Waals surface area contributed by atoms with E-state index >= 15 is 0 Å². The topological polar surface area (TPSA) is 72.5 Å². The van der Waals surface area contributed by atoms with Gasteiger partial charge in [0, 0.05) is 11.0 Å². The molecule has 0 heterocycles. The lowest BCUT2D eigenvalue weighted by Gasteiger charge is -2.22. The number of carbonyl (C=O) groups excluding carboxylic acids is 3. The zero-order valence-corrected chi connectivity index (χ0v) is 15.2. The summed E-state index contributed by atoms with van der Waals surface area (Å²) in [6.07, 6.45) is 0. The molecule has 136 valence electrons. The van der Waals surface area contributed by atoms with Crippen molar-refractivity contribution in [3.63, 3.8) is 0 Å². The van der Waals surface area contributed by atoms with Crippen LogP contribution in [-0.2, 0) is 20.9 Å². The molecule has 5 nitrogen and oxygen atoms in total. The first-order valence-electron chi connectivity index (χ1n) is 8.40. The lowest BCUT2D eigenvalue weighted by atomic mass is 9.94. The second kappa shape index (κ2) is 8.43. The number of amides is 1. The molecule has 0 aliphatic rings. The smallest absolute Gasteiger partial charge is 0.337 e. The zero-order valence-electron chi connectivity index (χ0n) is 15.2. The van der Waals surface area contributed by atoms with Gasteiger partial charge in [0.2, 0.25) is 5.91 Å². The maximum Gasteiger partial charge on any atom is 0.337 e. The monoisotopic (exact) mass is 353 g/mol. The van der Waals surface area contributed by atoms with Crippen molar-refractivity contribution in [1.29, 1.82) is 0 Å².